The van der Waals surface area contributed by atoms with Crippen molar-refractivity contribution in [2.45, 2.75) is 77.5 Å². The predicted molar refractivity (Wildman–Crippen MR) is 136 cm³/mol. The molecule has 6 nitrogen and oxygen atoms in total. The number of hydrogen-bond acceptors (Lipinski definition) is 4. The third-order valence-corrected chi connectivity index (χ3v) is 11.2. The summed E-state index contributed by atoms with van der Waals surface area (Å²) in [6.45, 7) is 13.9. The summed E-state index contributed by atoms with van der Waals surface area (Å²) in [6, 6.07) is 17.2. The topological polar surface area (TPSA) is 77.4 Å². The molecule has 0 amide bonds. The monoisotopic (exact) mass is 468 g/mol. The summed E-state index contributed by atoms with van der Waals surface area (Å²) >= 11 is 0. The number of non-ortho nitro benzene ring substituents is 1. The first kappa shape index (κ1) is 25.1. The van der Waals surface area contributed by atoms with Crippen LogP contribution in [0, 0.1) is 10.1 Å². The Morgan fingerprint density at radius 2 is 1.79 bits per heavy atom. The molecule has 0 bridgehead atoms. The lowest BCUT2D eigenvalue weighted by Crippen LogP contribution is -2.47. The SMILES string of the molecule is C[C@H](OCc1ccccc1)[C@H](CCc1cc2ccc([N+](=O)[O-])cc2[nH]1)O[Si](C)(C)C(C)(C)C. The van der Waals surface area contributed by atoms with Crippen molar-refractivity contribution >= 4 is 24.9 Å². The second-order valence-corrected chi connectivity index (χ2v) is 15.0. The van der Waals surface area contributed by atoms with Crippen LogP contribution in [0.3, 0.4) is 0 Å². The minimum Gasteiger partial charge on any atom is -0.411 e. The van der Waals surface area contributed by atoms with Crippen LogP contribution in [0.1, 0.15) is 45.4 Å². The molecule has 0 aliphatic heterocycles. The van der Waals surface area contributed by atoms with Crippen molar-refractivity contribution in [1.82, 2.24) is 4.98 Å². The Kier molecular flexibility index (Phi) is 7.77. The van der Waals surface area contributed by atoms with Gasteiger partial charge < -0.3 is 14.1 Å². The van der Waals surface area contributed by atoms with E-state index in [9.17, 15) is 10.1 Å². The first-order chi connectivity index (χ1) is 15.5. The molecule has 0 aliphatic carbocycles. The van der Waals surface area contributed by atoms with E-state index < -0.39 is 8.32 Å². The van der Waals surface area contributed by atoms with E-state index in [4.69, 9.17) is 9.16 Å². The van der Waals surface area contributed by atoms with Crippen molar-refractivity contribution in [3.63, 3.8) is 0 Å². The Bertz CT molecular complexity index is 1070. The normalized spacial score (nSPS) is 14.4. The van der Waals surface area contributed by atoms with Gasteiger partial charge in [0.1, 0.15) is 0 Å². The van der Waals surface area contributed by atoms with Gasteiger partial charge in [-0.3, -0.25) is 10.1 Å². The number of aromatic nitrogens is 1. The number of aromatic amines is 1. The average molecular weight is 469 g/mol. The van der Waals surface area contributed by atoms with Crippen LogP contribution in [0.25, 0.3) is 10.9 Å². The highest BCUT2D eigenvalue weighted by atomic mass is 28.4. The summed E-state index contributed by atoms with van der Waals surface area (Å²) in [7, 11) is -1.99. The summed E-state index contributed by atoms with van der Waals surface area (Å²) in [6.07, 6.45) is 1.47. The maximum absolute atomic E-state index is 11.1. The summed E-state index contributed by atoms with van der Waals surface area (Å²) in [4.78, 5) is 14.1. The fourth-order valence-electron chi connectivity index (χ4n) is 3.58. The highest BCUT2D eigenvalue weighted by Crippen LogP contribution is 2.38. The molecule has 0 spiro atoms. The summed E-state index contributed by atoms with van der Waals surface area (Å²) < 4.78 is 13.1. The van der Waals surface area contributed by atoms with Gasteiger partial charge in [0.15, 0.2) is 8.32 Å². The summed E-state index contributed by atoms with van der Waals surface area (Å²) in [5.74, 6) is 0. The molecule has 3 rings (SSSR count). The van der Waals surface area contributed by atoms with Crippen molar-refractivity contribution in [3.05, 3.63) is 76.0 Å². The van der Waals surface area contributed by atoms with Gasteiger partial charge in [0.05, 0.1) is 29.3 Å². The molecule has 7 heteroatoms. The van der Waals surface area contributed by atoms with Crippen molar-refractivity contribution < 1.29 is 14.1 Å². The molecule has 1 heterocycles. The molecule has 0 saturated carbocycles. The van der Waals surface area contributed by atoms with Gasteiger partial charge in [0.25, 0.3) is 5.69 Å². The number of H-pyrrole nitrogens is 1. The van der Waals surface area contributed by atoms with Crippen LogP contribution in [0.4, 0.5) is 5.69 Å². The summed E-state index contributed by atoms with van der Waals surface area (Å²) in [5, 5.41) is 12.2. The van der Waals surface area contributed by atoms with Gasteiger partial charge in [0.2, 0.25) is 0 Å². The maximum atomic E-state index is 11.1. The number of rotatable bonds is 10. The highest BCUT2D eigenvalue weighted by molar-refractivity contribution is 6.74. The van der Waals surface area contributed by atoms with E-state index in [-0.39, 0.29) is 27.9 Å². The zero-order valence-electron chi connectivity index (χ0n) is 20.6. The lowest BCUT2D eigenvalue weighted by molar-refractivity contribution is -0.384. The van der Waals surface area contributed by atoms with E-state index >= 15 is 0 Å². The second-order valence-electron chi connectivity index (χ2n) is 10.3. The number of nitrogens with zero attached hydrogens (tertiary/aromatic N) is 1. The molecule has 0 unspecified atom stereocenters. The maximum Gasteiger partial charge on any atom is 0.271 e. The van der Waals surface area contributed by atoms with E-state index in [0.717, 1.165) is 35.0 Å². The van der Waals surface area contributed by atoms with Gasteiger partial charge in [-0.25, -0.2) is 0 Å². The van der Waals surface area contributed by atoms with Crippen molar-refractivity contribution in [3.8, 4) is 0 Å². The lowest BCUT2D eigenvalue weighted by atomic mass is 10.1. The first-order valence-electron chi connectivity index (χ1n) is 11.6. The molecule has 2 atom stereocenters. The zero-order chi connectivity index (χ0) is 24.2. The van der Waals surface area contributed by atoms with E-state index in [1.807, 2.05) is 18.2 Å². The standard InChI is InChI=1S/C26H36N2O4Si/c1-19(31-18-20-10-8-7-9-11-20)25(32-33(5,6)26(2,3)4)15-13-22-16-21-12-14-23(28(29)30)17-24(21)27-22/h7-12,14,16-17,19,25,27H,13,15,18H2,1-6H3/t19-,25-/m0/s1. The lowest BCUT2D eigenvalue weighted by Gasteiger charge is -2.41. The number of fused-ring (bicyclic) bond motifs is 1. The smallest absolute Gasteiger partial charge is 0.271 e. The minimum atomic E-state index is -1.99. The molecule has 0 saturated heterocycles. The van der Waals surface area contributed by atoms with Gasteiger partial charge in [-0.05, 0) is 55.6 Å². The molecule has 33 heavy (non-hydrogen) atoms. The number of benzene rings is 2. The van der Waals surface area contributed by atoms with Crippen LogP contribution in [0.2, 0.25) is 18.1 Å². The van der Waals surface area contributed by atoms with Gasteiger partial charge in [-0.1, -0.05) is 51.1 Å². The number of hydrogen-bond donors (Lipinski definition) is 1. The van der Waals surface area contributed by atoms with Gasteiger partial charge in [-0.15, -0.1) is 0 Å². The van der Waals surface area contributed by atoms with E-state index in [1.54, 1.807) is 18.2 Å². The van der Waals surface area contributed by atoms with Gasteiger partial charge in [-0.2, -0.15) is 0 Å². The largest absolute Gasteiger partial charge is 0.411 e. The number of nitro benzene ring substituents is 1. The molecule has 1 aromatic heterocycles. The van der Waals surface area contributed by atoms with Crippen molar-refractivity contribution in [1.29, 1.82) is 0 Å². The molecule has 0 radical (unpaired) electrons. The molecular formula is C26H36N2O4Si. The van der Waals surface area contributed by atoms with Crippen LogP contribution in [-0.4, -0.2) is 30.4 Å². The predicted octanol–water partition coefficient (Wildman–Crippen LogP) is 7.00. The van der Waals surface area contributed by atoms with E-state index in [0.29, 0.717) is 6.61 Å². The quantitative estimate of drug-likeness (QED) is 0.197. The number of nitro groups is 1. The van der Waals surface area contributed by atoms with E-state index in [2.05, 4.69) is 64.0 Å². The Morgan fingerprint density at radius 1 is 1.09 bits per heavy atom. The van der Waals surface area contributed by atoms with Crippen LogP contribution in [-0.2, 0) is 22.2 Å². The molecule has 1 N–H and O–H groups in total. The molecule has 3 aromatic rings. The van der Waals surface area contributed by atoms with Crippen LogP contribution in [0.15, 0.2) is 54.6 Å². The number of aryl methyl sites for hydroxylation is 1. The fourth-order valence-corrected chi connectivity index (χ4v) is 4.99. The Labute approximate surface area is 197 Å². The fraction of sp³-hybridized carbons (Fsp3) is 0.462. The molecule has 178 valence electrons. The Morgan fingerprint density at radius 3 is 2.42 bits per heavy atom. The minimum absolute atomic E-state index is 0.0460. The van der Waals surface area contributed by atoms with Gasteiger partial charge >= 0.3 is 0 Å². The van der Waals surface area contributed by atoms with Crippen LogP contribution >= 0.6 is 0 Å². The molecule has 2 aromatic carbocycles. The highest BCUT2D eigenvalue weighted by Gasteiger charge is 2.40. The molecular weight excluding hydrogens is 432 g/mol. The molecule has 0 aliphatic rings. The van der Waals surface area contributed by atoms with Crippen molar-refractivity contribution in [2.24, 2.45) is 0 Å². The second kappa shape index (κ2) is 10.2. The molecule has 0 fully saturated rings. The number of ether oxygens (including phenoxy) is 1. The third-order valence-electron chi connectivity index (χ3n) is 6.70. The van der Waals surface area contributed by atoms with E-state index in [1.165, 1.54) is 0 Å². The summed E-state index contributed by atoms with van der Waals surface area (Å²) in [5.41, 5.74) is 3.07. The zero-order valence-corrected chi connectivity index (χ0v) is 21.6. The Balaban J connectivity index is 1.74. The number of nitrogens with one attached hydrogen (secondary N) is 1. The third kappa shape index (κ3) is 6.53. The van der Waals surface area contributed by atoms with Crippen LogP contribution < -0.4 is 0 Å². The Hall–Kier alpha value is -2.48. The van der Waals surface area contributed by atoms with Crippen LogP contribution in [0.5, 0.6) is 0 Å². The average Bonchev–Trinajstić information content (AvgIpc) is 3.17. The van der Waals surface area contributed by atoms with Gasteiger partial charge in [0, 0.05) is 23.2 Å². The first-order valence-corrected chi connectivity index (χ1v) is 14.5. The van der Waals surface area contributed by atoms with Crippen molar-refractivity contribution in [2.75, 3.05) is 0 Å².